The molecule has 1 N–H and O–H groups in total. The Bertz CT molecular complexity index is 1680. The van der Waals surface area contributed by atoms with Crippen molar-refractivity contribution in [3.8, 4) is 11.5 Å². The predicted molar refractivity (Wildman–Crippen MR) is 171 cm³/mol. The minimum Gasteiger partial charge on any atom is -0.489 e. The number of aliphatic hydroxyl groups excluding tert-OH is 1. The second-order valence-corrected chi connectivity index (χ2v) is 11.0. The fraction of sp³-hybridized carbons (Fsp3) is 0.184. The van der Waals surface area contributed by atoms with Gasteiger partial charge in [0, 0.05) is 17.3 Å². The third-order valence-corrected chi connectivity index (χ3v) is 7.88. The maximum Gasteiger partial charge on any atom is 0.415 e. The van der Waals surface area contributed by atoms with Crippen molar-refractivity contribution in [3.63, 3.8) is 0 Å². The third kappa shape index (κ3) is 7.33. The van der Waals surface area contributed by atoms with Crippen LogP contribution >= 0.6 is 0 Å². The molecule has 0 bridgehead atoms. The summed E-state index contributed by atoms with van der Waals surface area (Å²) in [7, 11) is 0. The molecule has 1 saturated heterocycles. The Morgan fingerprint density at radius 1 is 0.756 bits per heavy atom. The van der Waals surface area contributed by atoms with Gasteiger partial charge in [0.25, 0.3) is 0 Å². The number of hydrogen-bond donors (Lipinski definition) is 1. The molecule has 6 nitrogen and oxygen atoms in total. The van der Waals surface area contributed by atoms with Crippen LogP contribution in [-0.4, -0.2) is 17.3 Å². The lowest BCUT2D eigenvalue weighted by molar-refractivity contribution is 0.100. The van der Waals surface area contributed by atoms with Crippen LogP contribution in [0.5, 0.6) is 11.5 Å². The van der Waals surface area contributed by atoms with E-state index in [0.29, 0.717) is 48.8 Å². The number of hydrogen-bond acceptors (Lipinski definition) is 5. The van der Waals surface area contributed by atoms with E-state index in [9.17, 15) is 14.3 Å². The molecule has 0 saturated carbocycles. The van der Waals surface area contributed by atoms with Crippen LogP contribution in [0.4, 0.5) is 14.9 Å². The first-order valence-electron chi connectivity index (χ1n) is 15.0. The van der Waals surface area contributed by atoms with E-state index in [1.54, 1.807) is 17.0 Å². The van der Waals surface area contributed by atoms with Gasteiger partial charge in [-0.15, -0.1) is 0 Å². The van der Waals surface area contributed by atoms with Gasteiger partial charge in [-0.3, -0.25) is 4.90 Å². The lowest BCUT2D eigenvalue weighted by Gasteiger charge is -2.27. The SMILES string of the molecule is O=C1O[C@H](CC[C@H](O)c2ccc(F)cc2)[C@@H](c2ccc(OCc3ccccc3)cc2OCc2ccccc2)N1c1ccccc1. The Balaban J connectivity index is 1.33. The zero-order valence-electron chi connectivity index (χ0n) is 24.7. The molecule has 7 heteroatoms. The molecular formula is C38H34FNO5. The molecule has 0 aromatic heterocycles. The number of cyclic esters (lactones) is 1. The van der Waals surface area contributed by atoms with Crippen molar-refractivity contribution in [2.45, 2.75) is 44.3 Å². The van der Waals surface area contributed by atoms with Crippen LogP contribution in [0.15, 0.2) is 133 Å². The molecule has 0 radical (unpaired) electrons. The summed E-state index contributed by atoms with van der Waals surface area (Å²) < 4.78 is 32.0. The Labute approximate surface area is 262 Å². The minimum absolute atomic E-state index is 0.307. The standard InChI is InChI=1S/C38H34FNO5/c39-30-18-16-29(17-19-30)34(41)22-23-35-37(40(38(42)45-35)31-14-8-3-9-15-31)33-21-20-32(43-25-27-10-4-1-5-11-27)24-36(33)44-26-28-12-6-2-7-13-28/h1-21,24,34-35,37,41H,22-23,25-26H2/t34-,35+,37+/m0/s1. The van der Waals surface area contributed by atoms with E-state index in [-0.39, 0.29) is 5.82 Å². The fourth-order valence-electron chi connectivity index (χ4n) is 5.57. The normalized spacial score (nSPS) is 16.7. The van der Waals surface area contributed by atoms with E-state index in [0.717, 1.165) is 16.7 Å². The second kappa shape index (κ2) is 14.1. The summed E-state index contributed by atoms with van der Waals surface area (Å²) in [6.45, 7) is 0.708. The summed E-state index contributed by atoms with van der Waals surface area (Å²) in [6.07, 6.45) is -1.25. The molecule has 1 aliphatic rings. The first-order valence-corrected chi connectivity index (χ1v) is 15.0. The average molecular weight is 604 g/mol. The van der Waals surface area contributed by atoms with Gasteiger partial charge in [-0.05, 0) is 65.9 Å². The predicted octanol–water partition coefficient (Wildman–Crippen LogP) is 8.56. The van der Waals surface area contributed by atoms with Gasteiger partial charge >= 0.3 is 6.09 Å². The maximum atomic E-state index is 13.5. The van der Waals surface area contributed by atoms with Gasteiger partial charge in [-0.2, -0.15) is 0 Å². The van der Waals surface area contributed by atoms with Crippen LogP contribution in [0.2, 0.25) is 0 Å². The molecule has 1 aliphatic heterocycles. The topological polar surface area (TPSA) is 68.2 Å². The van der Waals surface area contributed by atoms with Crippen molar-refractivity contribution in [1.82, 2.24) is 0 Å². The summed E-state index contributed by atoms with van der Waals surface area (Å²) >= 11 is 0. The quantitative estimate of drug-likeness (QED) is 0.155. The Morgan fingerprint density at radius 2 is 1.36 bits per heavy atom. The van der Waals surface area contributed by atoms with Crippen molar-refractivity contribution in [1.29, 1.82) is 0 Å². The van der Waals surface area contributed by atoms with Gasteiger partial charge in [-0.1, -0.05) is 91.0 Å². The van der Waals surface area contributed by atoms with Gasteiger partial charge < -0.3 is 19.3 Å². The Hall–Kier alpha value is -5.14. The number of benzene rings is 5. The van der Waals surface area contributed by atoms with Crippen molar-refractivity contribution >= 4 is 11.8 Å². The van der Waals surface area contributed by atoms with Gasteiger partial charge in [0.1, 0.15) is 42.7 Å². The van der Waals surface area contributed by atoms with Crippen LogP contribution in [0.3, 0.4) is 0 Å². The molecule has 3 atom stereocenters. The van der Waals surface area contributed by atoms with Crippen molar-refractivity contribution in [3.05, 3.63) is 162 Å². The zero-order chi connectivity index (χ0) is 31.0. The summed E-state index contributed by atoms with van der Waals surface area (Å²) in [4.78, 5) is 15.1. The van der Waals surface area contributed by atoms with E-state index < -0.39 is 24.3 Å². The minimum atomic E-state index is -0.849. The number of nitrogens with zero attached hydrogens (tertiary/aromatic N) is 1. The van der Waals surface area contributed by atoms with E-state index in [4.69, 9.17) is 14.2 Å². The molecule has 6 rings (SSSR count). The van der Waals surface area contributed by atoms with Crippen molar-refractivity contribution in [2.24, 2.45) is 0 Å². The Kier molecular flexibility index (Phi) is 9.37. The highest BCUT2D eigenvalue weighted by Crippen LogP contribution is 2.44. The van der Waals surface area contributed by atoms with Gasteiger partial charge in [-0.25, -0.2) is 9.18 Å². The molecular weight excluding hydrogens is 569 g/mol. The van der Waals surface area contributed by atoms with Crippen LogP contribution in [0.1, 0.15) is 47.2 Å². The third-order valence-electron chi connectivity index (χ3n) is 7.88. The summed E-state index contributed by atoms with van der Waals surface area (Å²) in [6, 6.07) is 40.1. The highest BCUT2D eigenvalue weighted by Gasteiger charge is 2.45. The number of rotatable bonds is 12. The van der Waals surface area contributed by atoms with Gasteiger partial charge in [0.15, 0.2) is 0 Å². The Morgan fingerprint density at radius 3 is 2.00 bits per heavy atom. The molecule has 5 aromatic carbocycles. The molecule has 1 heterocycles. The highest BCUT2D eigenvalue weighted by molar-refractivity contribution is 5.91. The average Bonchev–Trinajstić information content (AvgIpc) is 3.42. The molecule has 1 amide bonds. The van der Waals surface area contributed by atoms with Gasteiger partial charge in [0.05, 0.1) is 6.10 Å². The lowest BCUT2D eigenvalue weighted by Crippen LogP contribution is -2.30. The van der Waals surface area contributed by atoms with Crippen LogP contribution in [0, 0.1) is 5.82 Å². The fourth-order valence-corrected chi connectivity index (χ4v) is 5.57. The lowest BCUT2D eigenvalue weighted by atomic mass is 9.93. The number of ether oxygens (including phenoxy) is 3. The summed E-state index contributed by atoms with van der Waals surface area (Å²) in [5.74, 6) is 0.830. The zero-order valence-corrected chi connectivity index (χ0v) is 24.7. The van der Waals surface area contributed by atoms with E-state index >= 15 is 0 Å². The molecule has 0 aliphatic carbocycles. The van der Waals surface area contributed by atoms with Crippen LogP contribution < -0.4 is 14.4 Å². The highest BCUT2D eigenvalue weighted by atomic mass is 19.1. The second-order valence-electron chi connectivity index (χ2n) is 11.0. The van der Waals surface area contributed by atoms with E-state index in [1.165, 1.54) is 12.1 Å². The maximum absolute atomic E-state index is 13.5. The van der Waals surface area contributed by atoms with E-state index in [2.05, 4.69) is 0 Å². The number of carbonyl (C=O) groups is 1. The van der Waals surface area contributed by atoms with Crippen LogP contribution in [-0.2, 0) is 18.0 Å². The number of amides is 1. The van der Waals surface area contributed by atoms with Crippen LogP contribution in [0.25, 0.3) is 0 Å². The van der Waals surface area contributed by atoms with E-state index in [1.807, 2.05) is 109 Å². The number of halogens is 1. The number of para-hydroxylation sites is 1. The molecule has 0 unspecified atom stereocenters. The molecule has 5 aromatic rings. The number of carbonyl (C=O) groups excluding carboxylic acids is 1. The van der Waals surface area contributed by atoms with Crippen molar-refractivity contribution in [2.75, 3.05) is 4.90 Å². The summed E-state index contributed by atoms with van der Waals surface area (Å²) in [5.41, 5.74) is 4.08. The molecule has 45 heavy (non-hydrogen) atoms. The molecule has 1 fully saturated rings. The smallest absolute Gasteiger partial charge is 0.415 e. The largest absolute Gasteiger partial charge is 0.489 e. The van der Waals surface area contributed by atoms with Crippen molar-refractivity contribution < 1.29 is 28.5 Å². The molecule has 228 valence electrons. The summed E-state index contributed by atoms with van der Waals surface area (Å²) in [5, 5.41) is 10.9. The number of anilines is 1. The molecule has 0 spiro atoms. The first-order chi connectivity index (χ1) is 22.0. The first kappa shape index (κ1) is 29.9. The van der Waals surface area contributed by atoms with Gasteiger partial charge in [0.2, 0.25) is 0 Å². The monoisotopic (exact) mass is 603 g/mol. The number of aliphatic hydroxyl groups is 1.